The molecule has 0 saturated heterocycles. The summed E-state index contributed by atoms with van der Waals surface area (Å²) in [5.41, 5.74) is 7.52. The average molecular weight is 192 g/mol. The fourth-order valence-corrected chi connectivity index (χ4v) is 1.11. The van der Waals surface area contributed by atoms with Gasteiger partial charge < -0.3 is 0 Å². The van der Waals surface area contributed by atoms with Gasteiger partial charge in [-0.3, -0.25) is 15.6 Å². The minimum Gasteiger partial charge on any atom is -0.299 e. The molecule has 2 N–H and O–H groups in total. The standard InChI is InChI=1S/C11H16N2O/c1-8(2)10-4-6-11(7-5-10)13-12-9(3)14/h4-8,13H,1-3H3,(H,12,14). The van der Waals surface area contributed by atoms with Crippen LogP contribution in [-0.2, 0) is 4.79 Å². The number of carbonyl (C=O) groups is 1. The van der Waals surface area contributed by atoms with E-state index in [1.165, 1.54) is 12.5 Å². The second-order valence-electron chi connectivity index (χ2n) is 3.58. The van der Waals surface area contributed by atoms with E-state index in [4.69, 9.17) is 0 Å². The number of carbonyl (C=O) groups excluding carboxylic acids is 1. The van der Waals surface area contributed by atoms with Gasteiger partial charge in [-0.2, -0.15) is 0 Å². The molecule has 1 amide bonds. The van der Waals surface area contributed by atoms with Crippen LogP contribution in [0, 0.1) is 0 Å². The molecule has 0 heterocycles. The predicted octanol–water partition coefficient (Wildman–Crippen LogP) is 2.27. The zero-order valence-corrected chi connectivity index (χ0v) is 8.79. The highest BCUT2D eigenvalue weighted by atomic mass is 16.2. The van der Waals surface area contributed by atoms with Crippen molar-refractivity contribution in [2.75, 3.05) is 5.43 Å². The molecule has 0 radical (unpaired) electrons. The molecule has 0 aliphatic carbocycles. The molecule has 0 fully saturated rings. The second-order valence-corrected chi connectivity index (χ2v) is 3.58. The molecule has 0 aliphatic heterocycles. The Morgan fingerprint density at radius 1 is 1.21 bits per heavy atom. The van der Waals surface area contributed by atoms with Crippen LogP contribution in [0.4, 0.5) is 5.69 Å². The molecule has 0 spiro atoms. The van der Waals surface area contributed by atoms with Gasteiger partial charge in [0.2, 0.25) is 5.91 Å². The van der Waals surface area contributed by atoms with Gasteiger partial charge in [-0.25, -0.2) is 0 Å². The molecule has 0 atom stereocenters. The number of nitrogens with one attached hydrogen (secondary N) is 2. The molecule has 1 aromatic carbocycles. The van der Waals surface area contributed by atoms with Crippen LogP contribution in [0.3, 0.4) is 0 Å². The molecule has 0 aliphatic rings. The molecular weight excluding hydrogens is 176 g/mol. The molecule has 3 heteroatoms. The number of benzene rings is 1. The Morgan fingerprint density at radius 3 is 2.21 bits per heavy atom. The van der Waals surface area contributed by atoms with E-state index in [1.54, 1.807) is 0 Å². The zero-order valence-electron chi connectivity index (χ0n) is 8.79. The molecule has 76 valence electrons. The summed E-state index contributed by atoms with van der Waals surface area (Å²) >= 11 is 0. The lowest BCUT2D eigenvalue weighted by atomic mass is 10.0. The van der Waals surface area contributed by atoms with Crippen LogP contribution in [0.1, 0.15) is 32.3 Å². The quantitative estimate of drug-likeness (QED) is 0.721. The van der Waals surface area contributed by atoms with Gasteiger partial charge in [0.15, 0.2) is 0 Å². The van der Waals surface area contributed by atoms with E-state index in [2.05, 4.69) is 36.8 Å². The topological polar surface area (TPSA) is 41.1 Å². The third kappa shape index (κ3) is 3.09. The highest BCUT2D eigenvalue weighted by Crippen LogP contribution is 2.16. The van der Waals surface area contributed by atoms with Crippen molar-refractivity contribution in [2.45, 2.75) is 26.7 Å². The average Bonchev–Trinajstić information content (AvgIpc) is 2.15. The maximum absolute atomic E-state index is 10.6. The summed E-state index contributed by atoms with van der Waals surface area (Å²) in [6.07, 6.45) is 0. The van der Waals surface area contributed by atoms with Gasteiger partial charge in [-0.05, 0) is 23.6 Å². The Morgan fingerprint density at radius 2 is 1.79 bits per heavy atom. The number of rotatable bonds is 3. The fraction of sp³-hybridized carbons (Fsp3) is 0.364. The number of hydrazine groups is 1. The van der Waals surface area contributed by atoms with Crippen LogP contribution in [0.25, 0.3) is 0 Å². The van der Waals surface area contributed by atoms with Crippen molar-refractivity contribution in [2.24, 2.45) is 0 Å². The van der Waals surface area contributed by atoms with Crippen LogP contribution in [-0.4, -0.2) is 5.91 Å². The Balaban J connectivity index is 2.59. The molecule has 0 bridgehead atoms. The summed E-state index contributed by atoms with van der Waals surface area (Å²) in [6, 6.07) is 8.00. The number of hydrogen-bond donors (Lipinski definition) is 2. The molecular formula is C11H16N2O. The van der Waals surface area contributed by atoms with Crippen LogP contribution in [0.2, 0.25) is 0 Å². The van der Waals surface area contributed by atoms with Gasteiger partial charge in [0.05, 0.1) is 5.69 Å². The summed E-state index contributed by atoms with van der Waals surface area (Å²) in [4.78, 5) is 10.6. The number of amides is 1. The molecule has 1 aromatic rings. The first-order chi connectivity index (χ1) is 6.59. The van der Waals surface area contributed by atoms with E-state index in [1.807, 2.05) is 12.1 Å². The van der Waals surface area contributed by atoms with Crippen molar-refractivity contribution >= 4 is 11.6 Å². The normalized spacial score (nSPS) is 10.0. The number of hydrogen-bond acceptors (Lipinski definition) is 2. The van der Waals surface area contributed by atoms with Gasteiger partial charge in [0, 0.05) is 6.92 Å². The van der Waals surface area contributed by atoms with Crippen molar-refractivity contribution < 1.29 is 4.79 Å². The molecule has 0 unspecified atom stereocenters. The van der Waals surface area contributed by atoms with Crippen LogP contribution in [0.5, 0.6) is 0 Å². The minimum atomic E-state index is -0.0991. The summed E-state index contributed by atoms with van der Waals surface area (Å²) in [6.45, 7) is 5.77. The van der Waals surface area contributed by atoms with Gasteiger partial charge in [0.25, 0.3) is 0 Å². The smallest absolute Gasteiger partial charge is 0.235 e. The lowest BCUT2D eigenvalue weighted by Crippen LogP contribution is -2.26. The van der Waals surface area contributed by atoms with Gasteiger partial charge >= 0.3 is 0 Å². The van der Waals surface area contributed by atoms with Crippen LogP contribution < -0.4 is 10.9 Å². The monoisotopic (exact) mass is 192 g/mol. The van der Waals surface area contributed by atoms with Crippen molar-refractivity contribution in [1.82, 2.24) is 5.43 Å². The first-order valence-electron chi connectivity index (χ1n) is 4.72. The van der Waals surface area contributed by atoms with Crippen molar-refractivity contribution in [3.63, 3.8) is 0 Å². The second kappa shape index (κ2) is 4.65. The largest absolute Gasteiger partial charge is 0.299 e. The SMILES string of the molecule is CC(=O)NNc1ccc(C(C)C)cc1. The summed E-state index contributed by atoms with van der Waals surface area (Å²) in [7, 11) is 0. The third-order valence-corrected chi connectivity index (χ3v) is 1.96. The van der Waals surface area contributed by atoms with E-state index >= 15 is 0 Å². The fourth-order valence-electron chi connectivity index (χ4n) is 1.11. The first-order valence-corrected chi connectivity index (χ1v) is 4.72. The summed E-state index contributed by atoms with van der Waals surface area (Å²) < 4.78 is 0. The van der Waals surface area contributed by atoms with Crippen LogP contribution in [0.15, 0.2) is 24.3 Å². The van der Waals surface area contributed by atoms with Crippen molar-refractivity contribution in [1.29, 1.82) is 0 Å². The Kier molecular flexibility index (Phi) is 3.51. The van der Waals surface area contributed by atoms with E-state index < -0.39 is 0 Å². The Hall–Kier alpha value is -1.51. The molecule has 14 heavy (non-hydrogen) atoms. The zero-order chi connectivity index (χ0) is 10.6. The molecule has 1 rings (SSSR count). The van der Waals surface area contributed by atoms with E-state index in [0.29, 0.717) is 5.92 Å². The van der Waals surface area contributed by atoms with Gasteiger partial charge in [-0.15, -0.1) is 0 Å². The molecule has 0 saturated carbocycles. The molecule has 3 nitrogen and oxygen atoms in total. The highest BCUT2D eigenvalue weighted by molar-refractivity contribution is 5.74. The minimum absolute atomic E-state index is 0.0991. The van der Waals surface area contributed by atoms with E-state index in [-0.39, 0.29) is 5.91 Å². The lowest BCUT2D eigenvalue weighted by Gasteiger charge is -2.08. The van der Waals surface area contributed by atoms with E-state index in [0.717, 1.165) is 5.69 Å². The Labute approximate surface area is 84.5 Å². The van der Waals surface area contributed by atoms with Crippen LogP contribution >= 0.6 is 0 Å². The van der Waals surface area contributed by atoms with Gasteiger partial charge in [-0.1, -0.05) is 26.0 Å². The lowest BCUT2D eigenvalue weighted by molar-refractivity contribution is -0.118. The predicted molar refractivity (Wildman–Crippen MR) is 58.0 cm³/mol. The summed E-state index contributed by atoms with van der Waals surface area (Å²) in [5, 5.41) is 0. The van der Waals surface area contributed by atoms with Crippen molar-refractivity contribution in [3.8, 4) is 0 Å². The van der Waals surface area contributed by atoms with E-state index in [9.17, 15) is 4.79 Å². The maximum atomic E-state index is 10.6. The first kappa shape index (κ1) is 10.6. The number of anilines is 1. The van der Waals surface area contributed by atoms with Gasteiger partial charge in [0.1, 0.15) is 0 Å². The van der Waals surface area contributed by atoms with Crippen molar-refractivity contribution in [3.05, 3.63) is 29.8 Å². The summed E-state index contributed by atoms with van der Waals surface area (Å²) in [5.74, 6) is 0.433. The third-order valence-electron chi connectivity index (χ3n) is 1.96. The molecule has 0 aromatic heterocycles. The highest BCUT2D eigenvalue weighted by Gasteiger charge is 1.98. The Bertz CT molecular complexity index is 304. The maximum Gasteiger partial charge on any atom is 0.235 e.